The molecule has 76 valence electrons. The van der Waals surface area contributed by atoms with Crippen molar-refractivity contribution in [1.29, 1.82) is 0 Å². The molecule has 1 saturated heterocycles. The van der Waals surface area contributed by atoms with Crippen LogP contribution in [0.5, 0.6) is 0 Å². The minimum absolute atomic E-state index is 0.142. The minimum Gasteiger partial charge on any atom is -0.316 e. The summed E-state index contributed by atoms with van der Waals surface area (Å²) in [6.07, 6.45) is 2.64. The average molecular weight is 224 g/mol. The van der Waals surface area contributed by atoms with Gasteiger partial charge in [0.05, 0.1) is 4.91 Å². The Morgan fingerprint density at radius 1 is 1.62 bits per heavy atom. The molecule has 0 saturated carbocycles. The van der Waals surface area contributed by atoms with Crippen LogP contribution in [0.25, 0.3) is 0 Å². The lowest BCUT2D eigenvalue weighted by atomic mass is 9.96. The maximum atomic E-state index is 10.9. The van der Waals surface area contributed by atoms with E-state index in [4.69, 9.17) is 10.7 Å². The first kappa shape index (κ1) is 11.0. The van der Waals surface area contributed by atoms with Gasteiger partial charge in [-0.15, -0.1) is 0 Å². The molecule has 13 heavy (non-hydrogen) atoms. The summed E-state index contributed by atoms with van der Waals surface area (Å²) in [6.45, 7) is 5.36. The van der Waals surface area contributed by atoms with Crippen molar-refractivity contribution in [1.82, 2.24) is 5.32 Å². The minimum atomic E-state index is -3.55. The summed E-state index contributed by atoms with van der Waals surface area (Å²) in [5, 5.41) is 3.21. The molecule has 1 unspecified atom stereocenters. The smallest absolute Gasteiger partial charge is 0.256 e. The second-order valence-electron chi connectivity index (χ2n) is 3.39. The zero-order chi connectivity index (χ0) is 9.90. The molecule has 1 rings (SSSR count). The van der Waals surface area contributed by atoms with Crippen LogP contribution in [0.1, 0.15) is 19.3 Å². The molecular weight excluding hydrogens is 210 g/mol. The lowest BCUT2D eigenvalue weighted by Crippen LogP contribution is -2.30. The van der Waals surface area contributed by atoms with E-state index >= 15 is 0 Å². The first-order valence-electron chi connectivity index (χ1n) is 4.33. The summed E-state index contributed by atoms with van der Waals surface area (Å²) in [4.78, 5) is 0.142. The van der Waals surface area contributed by atoms with Crippen molar-refractivity contribution in [2.45, 2.75) is 19.3 Å². The van der Waals surface area contributed by atoms with Crippen molar-refractivity contribution in [3.8, 4) is 0 Å². The van der Waals surface area contributed by atoms with Gasteiger partial charge in [-0.2, -0.15) is 0 Å². The van der Waals surface area contributed by atoms with E-state index in [0.29, 0.717) is 12.3 Å². The number of nitrogens with one attached hydrogen (secondary N) is 1. The second-order valence-corrected chi connectivity index (χ2v) is 6.06. The molecule has 0 radical (unpaired) electrons. The largest absolute Gasteiger partial charge is 0.316 e. The molecule has 0 aromatic heterocycles. The van der Waals surface area contributed by atoms with Crippen molar-refractivity contribution < 1.29 is 8.42 Å². The van der Waals surface area contributed by atoms with Gasteiger partial charge in [0.1, 0.15) is 0 Å². The maximum absolute atomic E-state index is 10.9. The second kappa shape index (κ2) is 4.44. The summed E-state index contributed by atoms with van der Waals surface area (Å²) in [6, 6.07) is 0. The molecule has 1 fully saturated rings. The predicted octanol–water partition coefficient (Wildman–Crippen LogP) is 1.46. The van der Waals surface area contributed by atoms with Crippen LogP contribution in [0, 0.1) is 5.92 Å². The van der Waals surface area contributed by atoms with Crippen LogP contribution in [-0.4, -0.2) is 21.5 Å². The molecule has 0 amide bonds. The Balaban J connectivity index is 2.44. The van der Waals surface area contributed by atoms with Crippen molar-refractivity contribution in [2.75, 3.05) is 13.1 Å². The van der Waals surface area contributed by atoms with Crippen molar-refractivity contribution in [3.63, 3.8) is 0 Å². The number of halogens is 1. The molecule has 1 aliphatic heterocycles. The lowest BCUT2D eigenvalue weighted by molar-refractivity contribution is 0.378. The van der Waals surface area contributed by atoms with E-state index in [9.17, 15) is 8.42 Å². The first-order valence-corrected chi connectivity index (χ1v) is 6.64. The Bertz CT molecular complexity index is 281. The lowest BCUT2D eigenvalue weighted by Gasteiger charge is -2.22. The molecular formula is C8H14ClNO2S. The van der Waals surface area contributed by atoms with Crippen LogP contribution in [0.4, 0.5) is 0 Å². The third kappa shape index (κ3) is 3.67. The molecule has 1 heterocycles. The number of hydrogen-bond donors (Lipinski definition) is 1. The van der Waals surface area contributed by atoms with Gasteiger partial charge in [-0.25, -0.2) is 8.42 Å². The Hall–Kier alpha value is -0.0600. The molecule has 0 aromatic carbocycles. The monoisotopic (exact) mass is 223 g/mol. The average Bonchev–Trinajstić information content (AvgIpc) is 2.04. The summed E-state index contributed by atoms with van der Waals surface area (Å²) in [5.41, 5.74) is 0. The molecule has 0 spiro atoms. The highest BCUT2D eigenvalue weighted by atomic mass is 35.7. The molecule has 5 heteroatoms. The fourth-order valence-electron chi connectivity index (χ4n) is 1.52. The fraction of sp³-hybridized carbons (Fsp3) is 0.750. The van der Waals surface area contributed by atoms with Crippen LogP contribution in [-0.2, 0) is 9.05 Å². The van der Waals surface area contributed by atoms with E-state index in [1.54, 1.807) is 0 Å². The summed E-state index contributed by atoms with van der Waals surface area (Å²) >= 11 is 0. The number of hydrogen-bond acceptors (Lipinski definition) is 3. The van der Waals surface area contributed by atoms with Gasteiger partial charge < -0.3 is 5.32 Å². The van der Waals surface area contributed by atoms with Gasteiger partial charge in [0.25, 0.3) is 9.05 Å². The highest BCUT2D eigenvalue weighted by Gasteiger charge is 2.19. The molecule has 0 aliphatic carbocycles. The van der Waals surface area contributed by atoms with E-state index in [0.717, 1.165) is 25.9 Å². The van der Waals surface area contributed by atoms with E-state index < -0.39 is 9.05 Å². The Morgan fingerprint density at radius 2 is 2.31 bits per heavy atom. The zero-order valence-corrected chi connectivity index (χ0v) is 9.00. The summed E-state index contributed by atoms with van der Waals surface area (Å²) in [7, 11) is 1.60. The highest BCUT2D eigenvalue weighted by molar-refractivity contribution is 8.16. The molecule has 0 bridgehead atoms. The topological polar surface area (TPSA) is 46.2 Å². The quantitative estimate of drug-likeness (QED) is 0.737. The molecule has 1 N–H and O–H groups in total. The van der Waals surface area contributed by atoms with E-state index in [1.165, 1.54) is 0 Å². The molecule has 3 nitrogen and oxygen atoms in total. The van der Waals surface area contributed by atoms with Crippen LogP contribution in [0.2, 0.25) is 0 Å². The van der Waals surface area contributed by atoms with Crippen LogP contribution < -0.4 is 5.32 Å². The van der Waals surface area contributed by atoms with Gasteiger partial charge in [0, 0.05) is 10.7 Å². The third-order valence-electron chi connectivity index (χ3n) is 2.26. The summed E-state index contributed by atoms with van der Waals surface area (Å²) in [5.74, 6) is 0.370. The zero-order valence-electron chi connectivity index (χ0n) is 7.42. The van der Waals surface area contributed by atoms with Crippen molar-refractivity contribution >= 4 is 19.7 Å². The van der Waals surface area contributed by atoms with Crippen LogP contribution in [0.3, 0.4) is 0 Å². The maximum Gasteiger partial charge on any atom is 0.256 e. The Kier molecular flexibility index (Phi) is 3.76. The number of piperidine rings is 1. The first-order chi connectivity index (χ1) is 6.00. The Morgan fingerprint density at radius 3 is 2.77 bits per heavy atom. The van der Waals surface area contributed by atoms with Gasteiger partial charge in [-0.3, -0.25) is 0 Å². The van der Waals surface area contributed by atoms with Gasteiger partial charge in [0.15, 0.2) is 0 Å². The Labute approximate surface area is 83.6 Å². The van der Waals surface area contributed by atoms with Gasteiger partial charge in [-0.1, -0.05) is 6.58 Å². The van der Waals surface area contributed by atoms with Gasteiger partial charge in [0.2, 0.25) is 0 Å². The molecule has 1 aliphatic rings. The number of allylic oxidation sites excluding steroid dienone is 1. The van der Waals surface area contributed by atoms with E-state index in [2.05, 4.69) is 11.9 Å². The van der Waals surface area contributed by atoms with Gasteiger partial charge in [-0.05, 0) is 38.3 Å². The third-order valence-corrected chi connectivity index (χ3v) is 3.77. The van der Waals surface area contributed by atoms with Crippen LogP contribution in [0.15, 0.2) is 11.5 Å². The fourth-order valence-corrected chi connectivity index (χ4v) is 2.14. The molecule has 0 aromatic rings. The van der Waals surface area contributed by atoms with Crippen molar-refractivity contribution in [3.05, 3.63) is 11.5 Å². The predicted molar refractivity (Wildman–Crippen MR) is 54.1 cm³/mol. The summed E-state index contributed by atoms with van der Waals surface area (Å²) < 4.78 is 21.7. The SMILES string of the molecule is C=C(CC1CCCNC1)S(=O)(=O)Cl. The van der Waals surface area contributed by atoms with E-state index in [-0.39, 0.29) is 4.91 Å². The number of rotatable bonds is 3. The normalized spacial score (nSPS) is 24.2. The van der Waals surface area contributed by atoms with Crippen LogP contribution >= 0.6 is 10.7 Å². The van der Waals surface area contributed by atoms with E-state index in [1.807, 2.05) is 0 Å². The molecule has 1 atom stereocenters. The van der Waals surface area contributed by atoms with Gasteiger partial charge >= 0.3 is 0 Å². The highest BCUT2D eigenvalue weighted by Crippen LogP contribution is 2.23. The van der Waals surface area contributed by atoms with Crippen molar-refractivity contribution in [2.24, 2.45) is 5.92 Å². The standard InChI is InChI=1S/C8H14ClNO2S/c1-7(13(9,11)12)5-8-3-2-4-10-6-8/h8,10H,1-6H2.